The summed E-state index contributed by atoms with van der Waals surface area (Å²) in [6.07, 6.45) is 1.77. The molecule has 7 heteroatoms. The number of aryl methyl sites for hydroxylation is 1. The Hall–Kier alpha value is -3.35. The summed E-state index contributed by atoms with van der Waals surface area (Å²) in [4.78, 5) is 12.7. The lowest BCUT2D eigenvalue weighted by molar-refractivity contribution is 0.347. The van der Waals surface area contributed by atoms with E-state index < -0.39 is 0 Å². The van der Waals surface area contributed by atoms with Gasteiger partial charge in [0.2, 0.25) is 11.8 Å². The van der Waals surface area contributed by atoms with Crippen LogP contribution in [0.3, 0.4) is 0 Å². The van der Waals surface area contributed by atoms with E-state index in [1.807, 2.05) is 43.3 Å². The number of ether oxygens (including phenoxy) is 3. The quantitative estimate of drug-likeness (QED) is 0.696. The van der Waals surface area contributed by atoms with Crippen LogP contribution >= 0.6 is 0 Å². The number of aromatic nitrogens is 3. The van der Waals surface area contributed by atoms with Gasteiger partial charge in [0.05, 0.1) is 20.3 Å². The van der Waals surface area contributed by atoms with Crippen molar-refractivity contribution in [3.8, 4) is 23.5 Å². The topological polar surface area (TPSA) is 78.4 Å². The summed E-state index contributed by atoms with van der Waals surface area (Å²) in [6.45, 7) is 2.57. The van der Waals surface area contributed by atoms with Gasteiger partial charge in [-0.3, -0.25) is 0 Å². The van der Waals surface area contributed by atoms with E-state index in [0.717, 1.165) is 16.9 Å². The first-order valence-electron chi connectivity index (χ1n) is 8.07. The van der Waals surface area contributed by atoms with E-state index >= 15 is 0 Å². The number of nitrogens with zero attached hydrogens (tertiary/aromatic N) is 3. The number of benzene rings is 1. The van der Waals surface area contributed by atoms with Gasteiger partial charge in [-0.1, -0.05) is 18.2 Å². The van der Waals surface area contributed by atoms with E-state index in [0.29, 0.717) is 24.1 Å². The van der Waals surface area contributed by atoms with Crippen molar-refractivity contribution < 1.29 is 14.2 Å². The zero-order valence-electron chi connectivity index (χ0n) is 14.9. The number of nitrogens with one attached hydrogen (secondary N) is 1. The first-order valence-corrected chi connectivity index (χ1v) is 8.07. The minimum atomic E-state index is 0.155. The highest BCUT2D eigenvalue weighted by molar-refractivity contribution is 5.42. The van der Waals surface area contributed by atoms with E-state index in [1.54, 1.807) is 12.3 Å². The monoisotopic (exact) mass is 352 g/mol. The van der Waals surface area contributed by atoms with Gasteiger partial charge < -0.3 is 19.5 Å². The number of pyridine rings is 1. The average molecular weight is 352 g/mol. The van der Waals surface area contributed by atoms with Crippen molar-refractivity contribution in [2.45, 2.75) is 13.5 Å². The molecule has 0 fully saturated rings. The van der Waals surface area contributed by atoms with Crippen molar-refractivity contribution in [3.63, 3.8) is 0 Å². The summed E-state index contributed by atoms with van der Waals surface area (Å²) in [7, 11) is 3.05. The number of methoxy groups -OCH3 is 2. The van der Waals surface area contributed by atoms with E-state index in [1.165, 1.54) is 14.2 Å². The van der Waals surface area contributed by atoms with Gasteiger partial charge in [-0.2, -0.15) is 9.97 Å². The van der Waals surface area contributed by atoms with E-state index in [4.69, 9.17) is 14.2 Å². The molecule has 3 rings (SSSR count). The minimum Gasteiger partial charge on any atom is -0.481 e. The number of hydrogen-bond donors (Lipinski definition) is 1. The highest BCUT2D eigenvalue weighted by Crippen LogP contribution is 2.26. The number of hydrogen-bond acceptors (Lipinski definition) is 7. The highest BCUT2D eigenvalue weighted by atomic mass is 16.5. The number of para-hydroxylation sites is 1. The van der Waals surface area contributed by atoms with Crippen LogP contribution in [0.25, 0.3) is 0 Å². The molecule has 0 aliphatic rings. The third kappa shape index (κ3) is 4.38. The second-order valence-corrected chi connectivity index (χ2v) is 5.52. The lowest BCUT2D eigenvalue weighted by Crippen LogP contribution is -2.04. The first-order chi connectivity index (χ1) is 12.7. The SMILES string of the molecule is COc1cc(OC)nc(Oc2ccccc2CNc2cc(C)ccn2)n1. The Bertz CT molecular complexity index is 864. The maximum atomic E-state index is 5.86. The molecule has 0 unspecified atom stereocenters. The van der Waals surface area contributed by atoms with Crippen molar-refractivity contribution in [1.82, 2.24) is 15.0 Å². The molecule has 7 nitrogen and oxygen atoms in total. The van der Waals surface area contributed by atoms with Crippen molar-refractivity contribution in [3.05, 3.63) is 59.8 Å². The predicted octanol–water partition coefficient (Wildman–Crippen LogP) is 3.60. The van der Waals surface area contributed by atoms with Crippen LogP contribution in [0.4, 0.5) is 5.82 Å². The fourth-order valence-electron chi connectivity index (χ4n) is 2.30. The van der Waals surface area contributed by atoms with E-state index in [2.05, 4.69) is 20.3 Å². The Morgan fingerprint density at radius 1 is 0.962 bits per heavy atom. The molecule has 0 atom stereocenters. The lowest BCUT2D eigenvalue weighted by atomic mass is 10.2. The molecule has 134 valence electrons. The molecule has 0 spiro atoms. The molecule has 2 aromatic heterocycles. The molecule has 2 heterocycles. The van der Waals surface area contributed by atoms with Crippen LogP contribution in [0.15, 0.2) is 48.7 Å². The van der Waals surface area contributed by atoms with Crippen LogP contribution in [0.5, 0.6) is 23.5 Å². The van der Waals surface area contributed by atoms with Gasteiger partial charge >= 0.3 is 6.01 Å². The zero-order chi connectivity index (χ0) is 18.4. The summed E-state index contributed by atoms with van der Waals surface area (Å²) in [5, 5.41) is 3.29. The van der Waals surface area contributed by atoms with Crippen LogP contribution in [0.2, 0.25) is 0 Å². The van der Waals surface area contributed by atoms with Gasteiger partial charge in [-0.05, 0) is 30.7 Å². The molecular weight excluding hydrogens is 332 g/mol. The molecular formula is C19H20N4O3. The van der Waals surface area contributed by atoms with Crippen LogP contribution in [-0.4, -0.2) is 29.2 Å². The van der Waals surface area contributed by atoms with Gasteiger partial charge in [0.1, 0.15) is 11.6 Å². The summed E-state index contributed by atoms with van der Waals surface area (Å²) in [6, 6.07) is 13.3. The van der Waals surface area contributed by atoms with Crippen molar-refractivity contribution in [2.24, 2.45) is 0 Å². The lowest BCUT2D eigenvalue weighted by Gasteiger charge is -2.12. The Kier molecular flexibility index (Phi) is 5.48. The standard InChI is InChI=1S/C19H20N4O3/c1-13-8-9-20-16(10-13)21-12-14-6-4-5-7-15(14)26-19-22-17(24-2)11-18(23-19)25-3/h4-11H,12H2,1-3H3,(H,20,21). The third-order valence-corrected chi connectivity index (χ3v) is 3.63. The summed E-state index contributed by atoms with van der Waals surface area (Å²) < 4.78 is 16.2. The fraction of sp³-hybridized carbons (Fsp3) is 0.211. The molecule has 26 heavy (non-hydrogen) atoms. The third-order valence-electron chi connectivity index (χ3n) is 3.63. The summed E-state index contributed by atoms with van der Waals surface area (Å²) in [5.41, 5.74) is 2.09. The van der Waals surface area contributed by atoms with Crippen molar-refractivity contribution >= 4 is 5.82 Å². The Balaban J connectivity index is 1.79. The second-order valence-electron chi connectivity index (χ2n) is 5.52. The highest BCUT2D eigenvalue weighted by Gasteiger charge is 2.10. The largest absolute Gasteiger partial charge is 0.481 e. The van der Waals surface area contributed by atoms with Gasteiger partial charge in [-0.15, -0.1) is 0 Å². The van der Waals surface area contributed by atoms with Crippen LogP contribution < -0.4 is 19.5 Å². The molecule has 0 radical (unpaired) electrons. The minimum absolute atomic E-state index is 0.155. The second kappa shape index (κ2) is 8.15. The van der Waals surface area contributed by atoms with Gasteiger partial charge in [0.25, 0.3) is 0 Å². The number of anilines is 1. The van der Waals surface area contributed by atoms with Crippen LogP contribution in [0, 0.1) is 6.92 Å². The smallest absolute Gasteiger partial charge is 0.328 e. The van der Waals surface area contributed by atoms with Crippen molar-refractivity contribution in [1.29, 1.82) is 0 Å². The molecule has 0 saturated heterocycles. The Labute approximate surface area is 152 Å². The molecule has 0 aliphatic carbocycles. The molecule has 0 amide bonds. The normalized spacial score (nSPS) is 10.3. The fourth-order valence-corrected chi connectivity index (χ4v) is 2.30. The number of rotatable bonds is 7. The first kappa shape index (κ1) is 17.5. The average Bonchev–Trinajstić information content (AvgIpc) is 2.67. The molecule has 0 saturated carbocycles. The zero-order valence-corrected chi connectivity index (χ0v) is 14.9. The molecule has 0 aliphatic heterocycles. The Morgan fingerprint density at radius 2 is 1.69 bits per heavy atom. The van der Waals surface area contributed by atoms with Crippen LogP contribution in [0.1, 0.15) is 11.1 Å². The molecule has 1 aromatic carbocycles. The van der Waals surface area contributed by atoms with Crippen molar-refractivity contribution in [2.75, 3.05) is 19.5 Å². The maximum absolute atomic E-state index is 5.86. The Morgan fingerprint density at radius 3 is 2.38 bits per heavy atom. The predicted molar refractivity (Wildman–Crippen MR) is 98.0 cm³/mol. The summed E-state index contributed by atoms with van der Waals surface area (Å²) >= 11 is 0. The molecule has 3 aromatic rings. The summed E-state index contributed by atoms with van der Waals surface area (Å²) in [5.74, 6) is 2.18. The van der Waals surface area contributed by atoms with Crippen LogP contribution in [-0.2, 0) is 6.54 Å². The maximum Gasteiger partial charge on any atom is 0.328 e. The van der Waals surface area contributed by atoms with E-state index in [9.17, 15) is 0 Å². The van der Waals surface area contributed by atoms with E-state index in [-0.39, 0.29) is 6.01 Å². The molecule has 1 N–H and O–H groups in total. The van der Waals surface area contributed by atoms with Gasteiger partial charge in [-0.25, -0.2) is 4.98 Å². The van der Waals surface area contributed by atoms with Gasteiger partial charge in [0, 0.05) is 18.3 Å². The molecule has 0 bridgehead atoms. The van der Waals surface area contributed by atoms with Gasteiger partial charge in [0.15, 0.2) is 0 Å².